The van der Waals surface area contributed by atoms with Gasteiger partial charge in [0.1, 0.15) is 0 Å². The summed E-state index contributed by atoms with van der Waals surface area (Å²) in [5, 5.41) is 8.47. The second kappa shape index (κ2) is 4.33. The number of nitrogens with zero attached hydrogens (tertiary/aromatic N) is 1. The van der Waals surface area contributed by atoms with Gasteiger partial charge in [0.15, 0.2) is 0 Å². The third-order valence-electron chi connectivity index (χ3n) is 1.23. The Morgan fingerprint density at radius 3 is 2.17 bits per heavy atom. The van der Waals surface area contributed by atoms with Gasteiger partial charge in [-0.3, -0.25) is 9.69 Å². The van der Waals surface area contributed by atoms with Gasteiger partial charge in [-0.15, -0.1) is 0 Å². The van der Waals surface area contributed by atoms with Crippen molar-refractivity contribution in [1.82, 2.24) is 4.90 Å². The van der Waals surface area contributed by atoms with E-state index in [-0.39, 0.29) is 11.5 Å². The highest BCUT2D eigenvalue weighted by Gasteiger charge is 2.04. The smallest absolute Gasteiger partial charge is 0.332 e. The number of carboxylic acids is 1. The second-order valence-corrected chi connectivity index (χ2v) is 2.23. The van der Waals surface area contributed by atoms with Crippen molar-refractivity contribution in [2.45, 2.75) is 13.8 Å². The number of amides is 1. The summed E-state index contributed by atoms with van der Waals surface area (Å²) in [5.74, 6) is -1.33. The summed E-state index contributed by atoms with van der Waals surface area (Å²) in [4.78, 5) is 22.2. The topological polar surface area (TPSA) is 57.6 Å². The minimum Gasteiger partial charge on any atom is -0.478 e. The maximum Gasteiger partial charge on any atom is 0.332 e. The fourth-order valence-electron chi connectivity index (χ4n) is 0.536. The average Bonchev–Trinajstić information content (AvgIpc) is 1.98. The highest BCUT2D eigenvalue weighted by atomic mass is 16.4. The molecule has 1 N–H and O–H groups in total. The zero-order valence-electron chi connectivity index (χ0n) is 7.07. The first kappa shape index (κ1) is 10.4. The van der Waals surface area contributed by atoms with Gasteiger partial charge in [-0.2, -0.15) is 0 Å². The minimum absolute atomic E-state index is 0.0881. The van der Waals surface area contributed by atoms with Crippen LogP contribution in [0.25, 0.3) is 0 Å². The van der Waals surface area contributed by atoms with Gasteiger partial charge in [-0.05, 0) is 6.92 Å². The number of hydrogen-bond acceptors (Lipinski definition) is 2. The van der Waals surface area contributed by atoms with Crippen LogP contribution in [0.15, 0.2) is 24.6 Å². The molecule has 0 rings (SSSR count). The minimum atomic E-state index is -1.05. The van der Waals surface area contributed by atoms with E-state index in [1.807, 2.05) is 0 Å². The summed E-state index contributed by atoms with van der Waals surface area (Å²) >= 11 is 0. The summed E-state index contributed by atoms with van der Waals surface area (Å²) < 4.78 is 0. The van der Waals surface area contributed by atoms with Crippen LogP contribution >= 0.6 is 0 Å². The van der Waals surface area contributed by atoms with Crippen molar-refractivity contribution in [1.29, 1.82) is 0 Å². The van der Waals surface area contributed by atoms with Gasteiger partial charge in [0, 0.05) is 19.3 Å². The van der Waals surface area contributed by atoms with Crippen molar-refractivity contribution in [3.05, 3.63) is 24.6 Å². The Morgan fingerprint density at radius 2 is 1.92 bits per heavy atom. The molecule has 0 bridgehead atoms. The average molecular weight is 169 g/mol. The molecule has 4 heteroatoms. The van der Waals surface area contributed by atoms with Crippen LogP contribution < -0.4 is 0 Å². The first-order valence-electron chi connectivity index (χ1n) is 3.32. The lowest BCUT2D eigenvalue weighted by Crippen LogP contribution is -2.17. The summed E-state index contributed by atoms with van der Waals surface area (Å²) in [7, 11) is 0. The molecule has 0 radical (unpaired) electrons. The van der Waals surface area contributed by atoms with Gasteiger partial charge in [0.05, 0.1) is 5.57 Å². The SMILES string of the molecule is C=CN(C=C(C)C(=O)O)C(C)=O. The van der Waals surface area contributed by atoms with Crippen LogP contribution in [0.2, 0.25) is 0 Å². The molecule has 4 nitrogen and oxygen atoms in total. The van der Waals surface area contributed by atoms with E-state index in [4.69, 9.17) is 5.11 Å². The Balaban J connectivity index is 4.57. The van der Waals surface area contributed by atoms with Crippen LogP contribution in [-0.4, -0.2) is 21.9 Å². The van der Waals surface area contributed by atoms with Crippen LogP contribution in [0, 0.1) is 0 Å². The molecule has 0 saturated heterocycles. The van der Waals surface area contributed by atoms with E-state index in [1.165, 1.54) is 26.2 Å². The summed E-state index contributed by atoms with van der Waals surface area (Å²) in [6.07, 6.45) is 2.48. The molecule has 0 atom stereocenters. The maximum atomic E-state index is 10.8. The van der Waals surface area contributed by atoms with E-state index in [1.54, 1.807) is 0 Å². The molecule has 0 saturated carbocycles. The number of carbonyl (C=O) groups is 2. The number of aliphatic carboxylic acids is 1. The van der Waals surface area contributed by atoms with Gasteiger partial charge >= 0.3 is 5.97 Å². The third-order valence-corrected chi connectivity index (χ3v) is 1.23. The first-order chi connectivity index (χ1) is 5.49. The van der Waals surface area contributed by atoms with Crippen molar-refractivity contribution in [3.63, 3.8) is 0 Å². The van der Waals surface area contributed by atoms with Gasteiger partial charge < -0.3 is 5.11 Å². The van der Waals surface area contributed by atoms with Gasteiger partial charge in [-0.1, -0.05) is 6.58 Å². The maximum absolute atomic E-state index is 10.8. The van der Waals surface area contributed by atoms with E-state index < -0.39 is 5.97 Å². The zero-order chi connectivity index (χ0) is 9.72. The molecule has 0 unspecified atom stereocenters. The molecule has 0 heterocycles. The molecular weight excluding hydrogens is 158 g/mol. The van der Waals surface area contributed by atoms with Crippen LogP contribution in [0.1, 0.15) is 13.8 Å². The summed E-state index contributed by atoms with van der Waals surface area (Å²) in [5.41, 5.74) is 0.0881. The largest absolute Gasteiger partial charge is 0.478 e. The Labute approximate surface area is 70.8 Å². The first-order valence-corrected chi connectivity index (χ1v) is 3.32. The normalized spacial score (nSPS) is 10.7. The van der Waals surface area contributed by atoms with Crippen molar-refractivity contribution in [2.75, 3.05) is 0 Å². The number of carbonyl (C=O) groups excluding carboxylic acids is 1. The van der Waals surface area contributed by atoms with E-state index in [0.717, 1.165) is 4.90 Å². The Bertz CT molecular complexity index is 243. The van der Waals surface area contributed by atoms with Crippen molar-refractivity contribution in [2.24, 2.45) is 0 Å². The van der Waals surface area contributed by atoms with Gasteiger partial charge in [0.25, 0.3) is 0 Å². The van der Waals surface area contributed by atoms with Crippen LogP contribution in [0.4, 0.5) is 0 Å². The number of hydrogen-bond donors (Lipinski definition) is 1. The monoisotopic (exact) mass is 169 g/mol. The van der Waals surface area contributed by atoms with Crippen LogP contribution in [0.5, 0.6) is 0 Å². The molecular formula is C8H11NO3. The Morgan fingerprint density at radius 1 is 1.42 bits per heavy atom. The fraction of sp³-hybridized carbons (Fsp3) is 0.250. The van der Waals surface area contributed by atoms with Crippen molar-refractivity contribution in [3.8, 4) is 0 Å². The predicted molar refractivity (Wildman–Crippen MR) is 44.1 cm³/mol. The number of rotatable bonds is 3. The van der Waals surface area contributed by atoms with Gasteiger partial charge in [0.2, 0.25) is 5.91 Å². The lowest BCUT2D eigenvalue weighted by Gasteiger charge is -2.09. The molecule has 0 aromatic carbocycles. The van der Waals surface area contributed by atoms with E-state index >= 15 is 0 Å². The molecule has 0 fully saturated rings. The zero-order valence-corrected chi connectivity index (χ0v) is 7.07. The molecule has 0 spiro atoms. The summed E-state index contributed by atoms with van der Waals surface area (Å²) in [6, 6.07) is 0. The lowest BCUT2D eigenvalue weighted by atomic mass is 10.3. The predicted octanol–water partition coefficient (Wildman–Crippen LogP) is 0.967. The van der Waals surface area contributed by atoms with Crippen LogP contribution in [0.3, 0.4) is 0 Å². The van der Waals surface area contributed by atoms with Crippen molar-refractivity contribution >= 4 is 11.9 Å². The Hall–Kier alpha value is -1.58. The van der Waals surface area contributed by atoms with Gasteiger partial charge in [-0.25, -0.2) is 4.79 Å². The summed E-state index contributed by atoms with van der Waals surface area (Å²) in [6.45, 7) is 6.09. The van der Waals surface area contributed by atoms with E-state index in [0.29, 0.717) is 0 Å². The quantitative estimate of drug-likeness (QED) is 0.640. The third kappa shape index (κ3) is 3.01. The molecule has 12 heavy (non-hydrogen) atoms. The molecule has 1 amide bonds. The van der Waals surface area contributed by atoms with Crippen molar-refractivity contribution < 1.29 is 14.7 Å². The Kier molecular flexibility index (Phi) is 3.76. The molecule has 0 aromatic rings. The van der Waals surface area contributed by atoms with E-state index in [9.17, 15) is 9.59 Å². The lowest BCUT2D eigenvalue weighted by molar-refractivity contribution is -0.132. The number of carboxylic acid groups (broad SMARTS) is 1. The molecule has 0 aromatic heterocycles. The highest BCUT2D eigenvalue weighted by Crippen LogP contribution is 1.98. The molecule has 0 aliphatic rings. The molecule has 0 aliphatic heterocycles. The highest BCUT2D eigenvalue weighted by molar-refractivity contribution is 5.87. The molecule has 0 aliphatic carbocycles. The molecule has 66 valence electrons. The standard InChI is InChI=1S/C8H11NO3/c1-4-9(7(3)10)5-6(2)8(11)12/h4-5H,1H2,2-3H3,(H,11,12). The fourth-order valence-corrected chi connectivity index (χ4v) is 0.536. The van der Waals surface area contributed by atoms with Crippen LogP contribution in [-0.2, 0) is 9.59 Å². The van der Waals surface area contributed by atoms with E-state index in [2.05, 4.69) is 6.58 Å². The second-order valence-electron chi connectivity index (χ2n) is 2.23.